The summed E-state index contributed by atoms with van der Waals surface area (Å²) in [5.41, 5.74) is 5.52. The maximum atomic E-state index is 13.6. The first-order chi connectivity index (χ1) is 17.6. The lowest BCUT2D eigenvalue weighted by Crippen LogP contribution is -2.49. The van der Waals surface area contributed by atoms with Crippen molar-refractivity contribution >= 4 is 11.6 Å². The van der Waals surface area contributed by atoms with Crippen LogP contribution in [0, 0.1) is 6.92 Å². The molecule has 1 saturated heterocycles. The number of carbonyl (C=O) groups is 1. The molecule has 2 heterocycles. The van der Waals surface area contributed by atoms with Crippen molar-refractivity contribution in [3.63, 3.8) is 0 Å². The van der Waals surface area contributed by atoms with Gasteiger partial charge >= 0.3 is 0 Å². The molecule has 0 radical (unpaired) electrons. The number of carbonyl (C=O) groups excluding carboxylic acids is 1. The molecule has 1 fully saturated rings. The molecule has 36 heavy (non-hydrogen) atoms. The molecule has 0 unspecified atom stereocenters. The Hall–Kier alpha value is -3.48. The number of para-hydroxylation sites is 1. The molecular formula is C30H34N4O2. The Morgan fingerprint density at radius 1 is 0.917 bits per heavy atom. The van der Waals surface area contributed by atoms with E-state index in [2.05, 4.69) is 65.3 Å². The Bertz CT molecular complexity index is 1220. The number of hydrazone groups is 1. The predicted octanol–water partition coefficient (Wildman–Crippen LogP) is 4.50. The summed E-state index contributed by atoms with van der Waals surface area (Å²) in [6.45, 7) is 7.06. The summed E-state index contributed by atoms with van der Waals surface area (Å²) in [5.74, 6) is 0.820. The highest BCUT2D eigenvalue weighted by Crippen LogP contribution is 2.37. The largest absolute Gasteiger partial charge is 0.496 e. The van der Waals surface area contributed by atoms with Crippen LogP contribution in [-0.4, -0.2) is 66.3 Å². The van der Waals surface area contributed by atoms with Crippen molar-refractivity contribution in [1.82, 2.24) is 14.8 Å². The van der Waals surface area contributed by atoms with Gasteiger partial charge in [0.15, 0.2) is 0 Å². The van der Waals surface area contributed by atoms with Crippen LogP contribution >= 0.6 is 0 Å². The number of piperazine rings is 1. The summed E-state index contributed by atoms with van der Waals surface area (Å²) < 4.78 is 5.65. The zero-order valence-electron chi connectivity index (χ0n) is 21.1. The van der Waals surface area contributed by atoms with Gasteiger partial charge in [-0.2, -0.15) is 5.10 Å². The molecule has 1 amide bonds. The molecule has 2 aliphatic heterocycles. The Labute approximate surface area is 213 Å². The van der Waals surface area contributed by atoms with Crippen molar-refractivity contribution < 1.29 is 9.53 Å². The van der Waals surface area contributed by atoms with Gasteiger partial charge in [-0.15, -0.1) is 0 Å². The Balaban J connectivity index is 1.30. The van der Waals surface area contributed by atoms with Gasteiger partial charge in [0.2, 0.25) is 0 Å². The quantitative estimate of drug-likeness (QED) is 0.498. The molecule has 6 heteroatoms. The zero-order valence-corrected chi connectivity index (χ0v) is 21.1. The molecule has 0 N–H and O–H groups in total. The Kier molecular flexibility index (Phi) is 7.44. The van der Waals surface area contributed by atoms with Crippen molar-refractivity contribution in [2.75, 3.05) is 39.8 Å². The second-order valence-electron chi connectivity index (χ2n) is 9.65. The van der Waals surface area contributed by atoms with Gasteiger partial charge in [-0.3, -0.25) is 14.6 Å². The predicted molar refractivity (Wildman–Crippen MR) is 143 cm³/mol. The third-order valence-corrected chi connectivity index (χ3v) is 7.09. The first-order valence-corrected chi connectivity index (χ1v) is 12.7. The number of rotatable bonds is 7. The minimum absolute atomic E-state index is 0.0325. The first-order valence-electron chi connectivity index (χ1n) is 12.7. The van der Waals surface area contributed by atoms with E-state index >= 15 is 0 Å². The van der Waals surface area contributed by atoms with Gasteiger partial charge < -0.3 is 4.74 Å². The normalized spacial score (nSPS) is 18.8. The summed E-state index contributed by atoms with van der Waals surface area (Å²) in [7, 11) is 1.68. The second kappa shape index (κ2) is 11.1. The molecule has 6 nitrogen and oxygen atoms in total. The minimum atomic E-state index is -0.177. The number of ether oxygens (including phenoxy) is 1. The summed E-state index contributed by atoms with van der Waals surface area (Å²) in [6, 6.07) is 26.7. The van der Waals surface area contributed by atoms with Crippen LogP contribution in [0.3, 0.4) is 0 Å². The molecule has 0 bridgehead atoms. The topological polar surface area (TPSA) is 48.4 Å². The molecule has 2 aliphatic rings. The van der Waals surface area contributed by atoms with Crippen LogP contribution in [0.1, 0.15) is 34.7 Å². The van der Waals surface area contributed by atoms with Gasteiger partial charge in [0, 0.05) is 44.7 Å². The number of methoxy groups -OCH3 is 1. The van der Waals surface area contributed by atoms with Gasteiger partial charge in [-0.05, 0) is 24.1 Å². The van der Waals surface area contributed by atoms with E-state index in [1.54, 1.807) is 12.1 Å². The van der Waals surface area contributed by atoms with Gasteiger partial charge in [0.25, 0.3) is 5.91 Å². The average Bonchev–Trinajstić information content (AvgIpc) is 3.36. The lowest BCUT2D eigenvalue weighted by atomic mass is 9.97. The van der Waals surface area contributed by atoms with Crippen LogP contribution in [0.15, 0.2) is 84.0 Å². The molecular weight excluding hydrogens is 448 g/mol. The number of benzene rings is 3. The average molecular weight is 483 g/mol. The molecule has 3 aromatic carbocycles. The maximum Gasteiger partial charge on any atom is 0.257 e. The number of aryl methyl sites for hydroxylation is 1. The fourth-order valence-electron chi connectivity index (χ4n) is 5.13. The van der Waals surface area contributed by atoms with E-state index in [9.17, 15) is 4.79 Å². The highest BCUT2D eigenvalue weighted by Gasteiger charge is 2.35. The molecule has 5 rings (SSSR count). The Morgan fingerprint density at radius 2 is 1.64 bits per heavy atom. The standard InChI is InChI=1S/C30H34N4O2/c1-23-9-8-12-25(19-23)27-20-28(26-13-6-7-14-29(26)36-2)34(31-27)30(35)22-33-17-15-32(16-18-33)21-24-10-4-3-5-11-24/h3-14,19,28H,15-18,20-22H2,1-2H3/t28-/m0/s1. The minimum Gasteiger partial charge on any atom is -0.496 e. The van der Waals surface area contributed by atoms with E-state index in [-0.39, 0.29) is 11.9 Å². The number of nitrogens with zero attached hydrogens (tertiary/aromatic N) is 4. The highest BCUT2D eigenvalue weighted by atomic mass is 16.5. The van der Waals surface area contributed by atoms with E-state index in [0.717, 1.165) is 55.3 Å². The summed E-state index contributed by atoms with van der Waals surface area (Å²) >= 11 is 0. The molecule has 1 atom stereocenters. The van der Waals surface area contributed by atoms with Gasteiger partial charge in [0.05, 0.1) is 25.4 Å². The second-order valence-corrected chi connectivity index (χ2v) is 9.65. The number of amides is 1. The van der Waals surface area contributed by atoms with Crippen LogP contribution < -0.4 is 4.74 Å². The molecule has 186 valence electrons. The molecule has 0 aromatic heterocycles. The van der Waals surface area contributed by atoms with Crippen molar-refractivity contribution in [2.24, 2.45) is 5.10 Å². The fourth-order valence-corrected chi connectivity index (χ4v) is 5.13. The highest BCUT2D eigenvalue weighted by molar-refractivity contribution is 6.03. The van der Waals surface area contributed by atoms with E-state index in [4.69, 9.17) is 9.84 Å². The Morgan fingerprint density at radius 3 is 2.39 bits per heavy atom. The zero-order chi connectivity index (χ0) is 24.9. The van der Waals surface area contributed by atoms with Gasteiger partial charge in [-0.1, -0.05) is 78.4 Å². The summed E-state index contributed by atoms with van der Waals surface area (Å²) in [4.78, 5) is 18.3. The molecule has 3 aromatic rings. The van der Waals surface area contributed by atoms with Crippen LogP contribution in [0.25, 0.3) is 0 Å². The van der Waals surface area contributed by atoms with E-state index in [0.29, 0.717) is 13.0 Å². The number of hydrogen-bond donors (Lipinski definition) is 0. The summed E-state index contributed by atoms with van der Waals surface area (Å²) in [6.07, 6.45) is 0.667. The van der Waals surface area contributed by atoms with Crippen molar-refractivity contribution in [3.8, 4) is 5.75 Å². The van der Waals surface area contributed by atoms with E-state index in [1.165, 1.54) is 11.1 Å². The fraction of sp³-hybridized carbons (Fsp3) is 0.333. The van der Waals surface area contributed by atoms with Crippen LogP contribution in [-0.2, 0) is 11.3 Å². The van der Waals surface area contributed by atoms with E-state index < -0.39 is 0 Å². The third-order valence-electron chi connectivity index (χ3n) is 7.09. The lowest BCUT2D eigenvalue weighted by molar-refractivity contribution is -0.134. The van der Waals surface area contributed by atoms with Crippen LogP contribution in [0.2, 0.25) is 0 Å². The van der Waals surface area contributed by atoms with Crippen molar-refractivity contribution in [1.29, 1.82) is 0 Å². The third kappa shape index (κ3) is 5.50. The summed E-state index contributed by atoms with van der Waals surface area (Å²) in [5, 5.41) is 6.58. The van der Waals surface area contributed by atoms with Crippen molar-refractivity contribution in [3.05, 3.63) is 101 Å². The lowest BCUT2D eigenvalue weighted by Gasteiger charge is -2.35. The first kappa shape index (κ1) is 24.2. The molecule has 0 aliphatic carbocycles. The molecule has 0 saturated carbocycles. The SMILES string of the molecule is COc1ccccc1[C@@H]1CC(c2cccc(C)c2)=NN1C(=O)CN1CCN(Cc2ccccc2)CC1. The maximum absolute atomic E-state index is 13.6. The van der Waals surface area contributed by atoms with E-state index in [1.807, 2.05) is 30.3 Å². The smallest absolute Gasteiger partial charge is 0.257 e. The van der Waals surface area contributed by atoms with Crippen LogP contribution in [0.4, 0.5) is 0 Å². The van der Waals surface area contributed by atoms with Crippen LogP contribution in [0.5, 0.6) is 5.75 Å². The van der Waals surface area contributed by atoms with Crippen molar-refractivity contribution in [2.45, 2.75) is 25.9 Å². The van der Waals surface area contributed by atoms with Gasteiger partial charge in [-0.25, -0.2) is 5.01 Å². The number of hydrogen-bond acceptors (Lipinski definition) is 5. The molecule has 0 spiro atoms. The monoisotopic (exact) mass is 482 g/mol. The van der Waals surface area contributed by atoms with Gasteiger partial charge in [0.1, 0.15) is 5.75 Å².